The first-order valence-corrected chi connectivity index (χ1v) is 9.97. The van der Waals surface area contributed by atoms with E-state index < -0.39 is 0 Å². The highest BCUT2D eigenvalue weighted by molar-refractivity contribution is 6.03. The Bertz CT molecular complexity index is 887. The van der Waals surface area contributed by atoms with Crippen molar-refractivity contribution >= 4 is 11.6 Å². The molecular formula is C23H27N3O2. The number of hydrazone groups is 1. The number of aryl methyl sites for hydroxylation is 1. The van der Waals surface area contributed by atoms with Gasteiger partial charge in [0, 0.05) is 12.0 Å². The minimum Gasteiger partial charge on any atom is -0.497 e. The zero-order chi connectivity index (χ0) is 19.5. The zero-order valence-corrected chi connectivity index (χ0v) is 16.6. The molecule has 1 fully saturated rings. The summed E-state index contributed by atoms with van der Waals surface area (Å²) < 4.78 is 5.37. The molecule has 2 aromatic rings. The van der Waals surface area contributed by atoms with Crippen LogP contribution < -0.4 is 4.74 Å². The number of benzene rings is 2. The Kier molecular flexibility index (Phi) is 5.44. The third-order valence-corrected chi connectivity index (χ3v) is 5.67. The Morgan fingerprint density at radius 3 is 2.68 bits per heavy atom. The SMILES string of the molecule is COc1cccc(C2=NN(C(=O)CN3CCCC3)C(c3ccccc3C)C2)c1. The fraction of sp³-hybridized carbons (Fsp3) is 0.391. The van der Waals surface area contributed by atoms with Crippen LogP contribution in [0.2, 0.25) is 0 Å². The molecule has 0 spiro atoms. The molecule has 2 heterocycles. The van der Waals surface area contributed by atoms with E-state index in [1.165, 1.54) is 24.0 Å². The molecule has 4 rings (SSSR count). The van der Waals surface area contributed by atoms with Crippen LogP contribution in [0.25, 0.3) is 0 Å². The second-order valence-electron chi connectivity index (χ2n) is 7.58. The van der Waals surface area contributed by atoms with Crippen LogP contribution in [0.5, 0.6) is 5.75 Å². The molecule has 1 atom stereocenters. The van der Waals surface area contributed by atoms with Gasteiger partial charge in [0.25, 0.3) is 5.91 Å². The van der Waals surface area contributed by atoms with Crippen molar-refractivity contribution in [3.8, 4) is 5.75 Å². The summed E-state index contributed by atoms with van der Waals surface area (Å²) in [6, 6.07) is 16.1. The van der Waals surface area contributed by atoms with Gasteiger partial charge in [-0.15, -0.1) is 0 Å². The van der Waals surface area contributed by atoms with Gasteiger partial charge in [-0.2, -0.15) is 5.10 Å². The van der Waals surface area contributed by atoms with Crippen LogP contribution in [0, 0.1) is 6.92 Å². The van der Waals surface area contributed by atoms with Crippen molar-refractivity contribution in [2.45, 2.75) is 32.2 Å². The standard InChI is InChI=1S/C23H27N3O2/c1-17-8-3-4-11-20(17)22-15-21(18-9-7-10-19(14-18)28-2)24-26(22)23(27)16-25-12-5-6-13-25/h3-4,7-11,14,22H,5-6,12-13,15-16H2,1-2H3. The normalized spacial score (nSPS) is 19.7. The number of likely N-dealkylation sites (tertiary alicyclic amines) is 1. The summed E-state index contributed by atoms with van der Waals surface area (Å²) in [4.78, 5) is 15.4. The van der Waals surface area contributed by atoms with Crippen molar-refractivity contribution in [3.05, 3.63) is 65.2 Å². The Labute approximate surface area is 166 Å². The zero-order valence-electron chi connectivity index (χ0n) is 16.6. The molecule has 2 aromatic carbocycles. The molecule has 0 aromatic heterocycles. The van der Waals surface area contributed by atoms with Crippen molar-refractivity contribution in [1.29, 1.82) is 0 Å². The molecule has 2 aliphatic heterocycles. The van der Waals surface area contributed by atoms with E-state index in [0.29, 0.717) is 13.0 Å². The summed E-state index contributed by atoms with van der Waals surface area (Å²) >= 11 is 0. The lowest BCUT2D eigenvalue weighted by Gasteiger charge is -2.25. The van der Waals surface area contributed by atoms with E-state index in [2.05, 4.69) is 24.0 Å². The van der Waals surface area contributed by atoms with Crippen LogP contribution in [0.15, 0.2) is 53.6 Å². The van der Waals surface area contributed by atoms with Gasteiger partial charge in [0.1, 0.15) is 5.75 Å². The van der Waals surface area contributed by atoms with Crippen molar-refractivity contribution in [2.75, 3.05) is 26.7 Å². The molecule has 0 radical (unpaired) electrons. The minimum atomic E-state index is -0.0579. The Morgan fingerprint density at radius 1 is 1.14 bits per heavy atom. The number of carbonyl (C=O) groups excluding carboxylic acids is 1. The highest BCUT2D eigenvalue weighted by Crippen LogP contribution is 2.35. The summed E-state index contributed by atoms with van der Waals surface area (Å²) in [5.74, 6) is 0.877. The second-order valence-corrected chi connectivity index (χ2v) is 7.58. The average molecular weight is 377 g/mol. The van der Waals surface area contributed by atoms with Crippen LogP contribution in [0.4, 0.5) is 0 Å². The quantitative estimate of drug-likeness (QED) is 0.797. The largest absolute Gasteiger partial charge is 0.497 e. The Balaban J connectivity index is 1.65. The number of amides is 1. The topological polar surface area (TPSA) is 45.1 Å². The van der Waals surface area contributed by atoms with Gasteiger partial charge in [0.05, 0.1) is 25.4 Å². The minimum absolute atomic E-state index is 0.0579. The molecule has 1 amide bonds. The summed E-state index contributed by atoms with van der Waals surface area (Å²) in [5, 5.41) is 6.51. The lowest BCUT2D eigenvalue weighted by molar-refractivity contribution is -0.134. The summed E-state index contributed by atoms with van der Waals surface area (Å²) in [7, 11) is 1.66. The molecule has 146 valence electrons. The van der Waals surface area contributed by atoms with Crippen LogP contribution in [0.1, 0.15) is 42.0 Å². The van der Waals surface area contributed by atoms with Crippen LogP contribution in [-0.2, 0) is 4.79 Å². The van der Waals surface area contributed by atoms with Gasteiger partial charge in [0.2, 0.25) is 0 Å². The first kappa shape index (κ1) is 18.7. The fourth-order valence-corrected chi connectivity index (χ4v) is 4.12. The molecule has 0 N–H and O–H groups in total. The van der Waals surface area contributed by atoms with Gasteiger partial charge in [-0.3, -0.25) is 9.69 Å². The van der Waals surface area contributed by atoms with Crippen molar-refractivity contribution in [2.24, 2.45) is 5.10 Å². The third-order valence-electron chi connectivity index (χ3n) is 5.67. The summed E-state index contributed by atoms with van der Waals surface area (Å²) in [6.45, 7) is 4.54. The van der Waals surface area contributed by atoms with Crippen molar-refractivity contribution in [1.82, 2.24) is 9.91 Å². The number of hydrogen-bond acceptors (Lipinski definition) is 4. The maximum atomic E-state index is 13.1. The highest BCUT2D eigenvalue weighted by Gasteiger charge is 2.34. The highest BCUT2D eigenvalue weighted by atomic mass is 16.5. The Hall–Kier alpha value is -2.66. The van der Waals surface area contributed by atoms with E-state index in [4.69, 9.17) is 9.84 Å². The van der Waals surface area contributed by atoms with E-state index >= 15 is 0 Å². The maximum Gasteiger partial charge on any atom is 0.257 e. The van der Waals surface area contributed by atoms with Gasteiger partial charge in [-0.1, -0.05) is 36.4 Å². The van der Waals surface area contributed by atoms with Crippen molar-refractivity contribution in [3.63, 3.8) is 0 Å². The number of methoxy groups -OCH3 is 1. The lowest BCUT2D eigenvalue weighted by Crippen LogP contribution is -2.37. The second kappa shape index (κ2) is 8.15. The molecule has 28 heavy (non-hydrogen) atoms. The number of ether oxygens (including phenoxy) is 1. The van der Waals surface area contributed by atoms with Crippen LogP contribution in [0.3, 0.4) is 0 Å². The molecule has 5 heteroatoms. The molecule has 1 saturated heterocycles. The summed E-state index contributed by atoms with van der Waals surface area (Å²) in [5.41, 5.74) is 4.30. The van der Waals surface area contributed by atoms with Crippen molar-refractivity contribution < 1.29 is 9.53 Å². The van der Waals surface area contributed by atoms with Gasteiger partial charge in [-0.25, -0.2) is 5.01 Å². The predicted molar refractivity (Wildman–Crippen MR) is 111 cm³/mol. The fourth-order valence-electron chi connectivity index (χ4n) is 4.12. The third kappa shape index (κ3) is 3.80. The maximum absolute atomic E-state index is 13.1. The average Bonchev–Trinajstić information content (AvgIpc) is 3.38. The van der Waals surface area contributed by atoms with Gasteiger partial charge in [0.15, 0.2) is 0 Å². The van der Waals surface area contributed by atoms with Crippen LogP contribution >= 0.6 is 0 Å². The van der Waals surface area contributed by atoms with Gasteiger partial charge < -0.3 is 4.74 Å². The monoisotopic (exact) mass is 377 g/mol. The molecule has 2 aliphatic rings. The van der Waals surface area contributed by atoms with E-state index in [-0.39, 0.29) is 11.9 Å². The molecule has 0 saturated carbocycles. The van der Waals surface area contributed by atoms with Crippen LogP contribution in [-0.4, -0.2) is 48.3 Å². The summed E-state index contributed by atoms with van der Waals surface area (Å²) in [6.07, 6.45) is 3.06. The number of hydrogen-bond donors (Lipinski definition) is 0. The van der Waals surface area contributed by atoms with E-state index in [1.54, 1.807) is 12.1 Å². The van der Waals surface area contributed by atoms with Gasteiger partial charge in [-0.05, 0) is 56.1 Å². The molecule has 0 aliphatic carbocycles. The first-order valence-electron chi connectivity index (χ1n) is 9.97. The molecule has 5 nitrogen and oxygen atoms in total. The van der Waals surface area contributed by atoms with E-state index in [1.807, 2.05) is 36.4 Å². The number of rotatable bonds is 5. The van der Waals surface area contributed by atoms with E-state index in [0.717, 1.165) is 30.1 Å². The number of nitrogens with zero attached hydrogens (tertiary/aromatic N) is 3. The Morgan fingerprint density at radius 2 is 1.93 bits per heavy atom. The predicted octanol–water partition coefficient (Wildman–Crippen LogP) is 3.78. The first-order chi connectivity index (χ1) is 13.7. The van der Waals surface area contributed by atoms with E-state index in [9.17, 15) is 4.79 Å². The van der Waals surface area contributed by atoms with Gasteiger partial charge >= 0.3 is 0 Å². The number of carbonyl (C=O) groups is 1. The lowest BCUT2D eigenvalue weighted by atomic mass is 9.95. The molecular weight excluding hydrogens is 350 g/mol. The molecule has 0 bridgehead atoms. The smallest absolute Gasteiger partial charge is 0.257 e. The molecule has 1 unspecified atom stereocenters.